The largest absolute Gasteiger partial charge is 0.480 e. The zero-order chi connectivity index (χ0) is 16.7. The molecule has 0 amide bonds. The van der Waals surface area contributed by atoms with Gasteiger partial charge in [-0.05, 0) is 54.7 Å². The molecule has 3 nitrogen and oxygen atoms in total. The van der Waals surface area contributed by atoms with Crippen LogP contribution in [0.5, 0.6) is 0 Å². The van der Waals surface area contributed by atoms with Crippen molar-refractivity contribution in [1.82, 2.24) is 4.90 Å². The molecule has 1 N–H and O–H groups in total. The molecule has 1 heterocycles. The minimum atomic E-state index is -0.788. The number of aliphatic carboxylic acids is 1. The van der Waals surface area contributed by atoms with Gasteiger partial charge in [0.2, 0.25) is 0 Å². The van der Waals surface area contributed by atoms with E-state index < -0.39 is 12.0 Å². The van der Waals surface area contributed by atoms with Crippen molar-refractivity contribution in [2.24, 2.45) is 0 Å². The van der Waals surface area contributed by atoms with Gasteiger partial charge in [0, 0.05) is 17.6 Å². The van der Waals surface area contributed by atoms with Crippen LogP contribution in [0.3, 0.4) is 0 Å². The van der Waals surface area contributed by atoms with Gasteiger partial charge in [-0.15, -0.1) is 0 Å². The maximum atomic E-state index is 11.8. The number of carbonyl (C=O) groups is 1. The summed E-state index contributed by atoms with van der Waals surface area (Å²) in [6.07, 6.45) is 0. The Hall–Kier alpha value is -1.65. The second kappa shape index (κ2) is 6.10. The van der Waals surface area contributed by atoms with Gasteiger partial charge in [0.1, 0.15) is 6.04 Å². The Kier molecular flexibility index (Phi) is 4.30. The molecule has 2 aromatic carbocycles. The molecular weight excluding hydrogens is 354 g/mol. The molecule has 1 aliphatic heterocycles. The molecule has 0 bridgehead atoms. The molecule has 23 heavy (non-hydrogen) atoms. The highest BCUT2D eigenvalue weighted by atomic mass is 79.9. The fourth-order valence-electron chi connectivity index (χ4n) is 3.59. The van der Waals surface area contributed by atoms with Gasteiger partial charge in [-0.2, -0.15) is 0 Å². The van der Waals surface area contributed by atoms with Gasteiger partial charge >= 0.3 is 5.97 Å². The fourth-order valence-corrected chi connectivity index (χ4v) is 4.10. The fraction of sp³-hybridized carbons (Fsp3) is 0.316. The van der Waals surface area contributed by atoms with E-state index in [4.69, 9.17) is 0 Å². The third-order valence-corrected chi connectivity index (χ3v) is 5.35. The molecule has 0 aromatic heterocycles. The molecule has 1 aliphatic rings. The van der Waals surface area contributed by atoms with Crippen molar-refractivity contribution in [3.63, 3.8) is 0 Å². The summed E-state index contributed by atoms with van der Waals surface area (Å²) in [5.41, 5.74) is 6.90. The third kappa shape index (κ3) is 2.93. The standard InChI is InChI=1S/C19H20BrNO2/c1-11-7-12(2)15(13(3)8-11)9-21-10-16-14(18(21)19(22)23)5-4-6-17(16)20/h4-8,18H,9-10H2,1-3H3,(H,22,23). The van der Waals surface area contributed by atoms with E-state index in [1.54, 1.807) is 0 Å². The second-order valence-electron chi connectivity index (χ2n) is 6.33. The molecular formula is C19H20BrNO2. The van der Waals surface area contributed by atoms with Gasteiger partial charge < -0.3 is 5.11 Å². The van der Waals surface area contributed by atoms with Gasteiger partial charge in [0.05, 0.1) is 0 Å². The summed E-state index contributed by atoms with van der Waals surface area (Å²) in [6, 6.07) is 9.55. The minimum Gasteiger partial charge on any atom is -0.480 e. The van der Waals surface area contributed by atoms with Crippen molar-refractivity contribution in [3.05, 3.63) is 68.2 Å². The van der Waals surface area contributed by atoms with Crippen molar-refractivity contribution in [2.75, 3.05) is 0 Å². The number of halogens is 1. The van der Waals surface area contributed by atoms with Crippen LogP contribution in [0.1, 0.15) is 39.4 Å². The highest BCUT2D eigenvalue weighted by molar-refractivity contribution is 9.10. The van der Waals surface area contributed by atoms with E-state index in [1.165, 1.54) is 22.3 Å². The first-order valence-corrected chi connectivity index (χ1v) is 8.48. The number of nitrogens with zero attached hydrogens (tertiary/aromatic N) is 1. The number of hydrogen-bond donors (Lipinski definition) is 1. The quantitative estimate of drug-likeness (QED) is 0.859. The maximum Gasteiger partial charge on any atom is 0.325 e. The van der Waals surface area contributed by atoms with Gasteiger partial charge in [-0.1, -0.05) is 45.8 Å². The Morgan fingerprint density at radius 2 is 1.91 bits per heavy atom. The van der Waals surface area contributed by atoms with E-state index in [9.17, 15) is 9.90 Å². The molecule has 0 saturated heterocycles. The lowest BCUT2D eigenvalue weighted by atomic mass is 9.99. The second-order valence-corrected chi connectivity index (χ2v) is 7.18. The number of aryl methyl sites for hydroxylation is 3. The van der Waals surface area contributed by atoms with Crippen molar-refractivity contribution in [3.8, 4) is 0 Å². The number of fused-ring (bicyclic) bond motifs is 1. The van der Waals surface area contributed by atoms with Crippen molar-refractivity contribution in [2.45, 2.75) is 39.9 Å². The van der Waals surface area contributed by atoms with Crippen LogP contribution >= 0.6 is 15.9 Å². The van der Waals surface area contributed by atoms with E-state index in [0.717, 1.165) is 15.6 Å². The minimum absolute atomic E-state index is 0.581. The first-order valence-electron chi connectivity index (χ1n) is 7.69. The molecule has 1 unspecified atom stereocenters. The predicted molar refractivity (Wildman–Crippen MR) is 94.4 cm³/mol. The van der Waals surface area contributed by atoms with E-state index in [-0.39, 0.29) is 0 Å². The molecule has 3 rings (SSSR count). The normalized spacial score (nSPS) is 17.3. The van der Waals surface area contributed by atoms with Crippen LogP contribution in [0.25, 0.3) is 0 Å². The molecule has 0 radical (unpaired) electrons. The number of carboxylic acid groups (broad SMARTS) is 1. The molecule has 1 atom stereocenters. The smallest absolute Gasteiger partial charge is 0.325 e. The molecule has 0 spiro atoms. The van der Waals surface area contributed by atoms with Crippen molar-refractivity contribution in [1.29, 1.82) is 0 Å². The Balaban J connectivity index is 1.99. The Bertz CT molecular complexity index is 762. The van der Waals surface area contributed by atoms with E-state index >= 15 is 0 Å². The lowest BCUT2D eigenvalue weighted by molar-refractivity contribution is -0.143. The molecule has 120 valence electrons. The summed E-state index contributed by atoms with van der Waals surface area (Å²) in [4.78, 5) is 13.9. The summed E-state index contributed by atoms with van der Waals surface area (Å²) in [7, 11) is 0. The topological polar surface area (TPSA) is 40.5 Å². The van der Waals surface area contributed by atoms with Gasteiger partial charge in [0.25, 0.3) is 0 Å². The average Bonchev–Trinajstić information content (AvgIpc) is 2.82. The lowest BCUT2D eigenvalue weighted by Crippen LogP contribution is -2.28. The zero-order valence-electron chi connectivity index (χ0n) is 13.6. The third-order valence-electron chi connectivity index (χ3n) is 4.61. The van der Waals surface area contributed by atoms with Crippen LogP contribution in [0.2, 0.25) is 0 Å². The average molecular weight is 374 g/mol. The van der Waals surface area contributed by atoms with E-state index in [1.807, 2.05) is 23.1 Å². The summed E-state index contributed by atoms with van der Waals surface area (Å²) < 4.78 is 0.987. The first kappa shape index (κ1) is 16.2. The summed E-state index contributed by atoms with van der Waals surface area (Å²) in [5, 5.41) is 9.73. The van der Waals surface area contributed by atoms with Crippen LogP contribution in [0.15, 0.2) is 34.8 Å². The van der Waals surface area contributed by atoms with Gasteiger partial charge in [-0.25, -0.2) is 0 Å². The van der Waals surface area contributed by atoms with E-state index in [2.05, 4.69) is 48.8 Å². The molecule has 4 heteroatoms. The van der Waals surface area contributed by atoms with Crippen LogP contribution < -0.4 is 0 Å². The monoisotopic (exact) mass is 373 g/mol. The van der Waals surface area contributed by atoms with E-state index in [0.29, 0.717) is 13.1 Å². The SMILES string of the molecule is Cc1cc(C)c(CN2Cc3c(Br)cccc3C2C(=O)O)c(C)c1. The Morgan fingerprint density at radius 1 is 1.26 bits per heavy atom. The number of benzene rings is 2. The van der Waals surface area contributed by atoms with Gasteiger partial charge in [0.15, 0.2) is 0 Å². The first-order chi connectivity index (χ1) is 10.9. The van der Waals surface area contributed by atoms with Crippen LogP contribution in [-0.4, -0.2) is 16.0 Å². The maximum absolute atomic E-state index is 11.8. The van der Waals surface area contributed by atoms with Crippen molar-refractivity contribution >= 4 is 21.9 Å². The molecule has 0 saturated carbocycles. The zero-order valence-corrected chi connectivity index (χ0v) is 15.1. The number of hydrogen-bond acceptors (Lipinski definition) is 2. The number of rotatable bonds is 3. The lowest BCUT2D eigenvalue weighted by Gasteiger charge is -2.24. The van der Waals surface area contributed by atoms with Gasteiger partial charge in [-0.3, -0.25) is 9.69 Å². The Labute approximate surface area is 145 Å². The summed E-state index contributed by atoms with van der Waals surface area (Å²) >= 11 is 3.56. The Morgan fingerprint density at radius 3 is 2.52 bits per heavy atom. The predicted octanol–water partition coefficient (Wildman–Crippen LogP) is 4.52. The molecule has 0 fully saturated rings. The highest BCUT2D eigenvalue weighted by Crippen LogP contribution is 2.39. The van der Waals surface area contributed by atoms with Crippen LogP contribution in [-0.2, 0) is 17.9 Å². The molecule has 0 aliphatic carbocycles. The van der Waals surface area contributed by atoms with Crippen LogP contribution in [0, 0.1) is 20.8 Å². The van der Waals surface area contributed by atoms with Crippen molar-refractivity contribution < 1.29 is 9.90 Å². The summed E-state index contributed by atoms with van der Waals surface area (Å²) in [6.45, 7) is 7.59. The highest BCUT2D eigenvalue weighted by Gasteiger charge is 2.36. The number of carboxylic acids is 1. The van der Waals surface area contributed by atoms with Crippen LogP contribution in [0.4, 0.5) is 0 Å². The summed E-state index contributed by atoms with van der Waals surface area (Å²) in [5.74, 6) is -0.788. The molecule has 2 aromatic rings.